The Morgan fingerprint density at radius 1 is 1.42 bits per heavy atom. The predicted molar refractivity (Wildman–Crippen MR) is 63.4 cm³/mol. The number of halogens is 1. The summed E-state index contributed by atoms with van der Waals surface area (Å²) in [6, 6.07) is 2.44. The Morgan fingerprint density at radius 2 is 2.16 bits per heavy atom. The summed E-state index contributed by atoms with van der Waals surface area (Å²) in [5.74, 6) is -3.35. The Kier molecular flexibility index (Phi) is 3.66. The van der Waals surface area contributed by atoms with E-state index in [0.29, 0.717) is 6.54 Å². The van der Waals surface area contributed by atoms with Crippen LogP contribution in [0.25, 0.3) is 0 Å². The van der Waals surface area contributed by atoms with E-state index in [4.69, 9.17) is 5.11 Å². The number of hydrogen-bond donors (Lipinski definition) is 3. The number of piperazine rings is 1. The molecule has 0 aliphatic carbocycles. The minimum absolute atomic E-state index is 0.0935. The van der Waals surface area contributed by atoms with E-state index in [1.165, 1.54) is 12.1 Å². The van der Waals surface area contributed by atoms with Crippen molar-refractivity contribution in [3.8, 4) is 5.75 Å². The maximum atomic E-state index is 13.6. The zero-order valence-corrected chi connectivity index (χ0v) is 9.97. The SMILES string of the molecule is O=C(O)C1CNCCN1C(=O)c1c(O)cccc1F. The summed E-state index contributed by atoms with van der Waals surface area (Å²) in [6.45, 7) is 0.657. The maximum absolute atomic E-state index is 13.6. The van der Waals surface area contributed by atoms with Crippen molar-refractivity contribution in [1.82, 2.24) is 10.2 Å². The average Bonchev–Trinajstić information content (AvgIpc) is 2.38. The first-order valence-corrected chi connectivity index (χ1v) is 5.74. The van der Waals surface area contributed by atoms with Gasteiger partial charge in [-0.25, -0.2) is 9.18 Å². The zero-order chi connectivity index (χ0) is 14.0. The van der Waals surface area contributed by atoms with E-state index in [0.717, 1.165) is 11.0 Å². The molecule has 0 saturated carbocycles. The number of benzene rings is 1. The number of amides is 1. The van der Waals surface area contributed by atoms with Crippen LogP contribution >= 0.6 is 0 Å². The number of phenols is 1. The number of nitrogens with zero attached hydrogens (tertiary/aromatic N) is 1. The number of carboxylic acids is 1. The third kappa shape index (κ3) is 2.50. The Hall–Kier alpha value is -2.15. The quantitative estimate of drug-likeness (QED) is 0.704. The van der Waals surface area contributed by atoms with Gasteiger partial charge in [-0.15, -0.1) is 0 Å². The minimum Gasteiger partial charge on any atom is -0.507 e. The molecule has 7 heteroatoms. The van der Waals surface area contributed by atoms with Crippen molar-refractivity contribution in [2.24, 2.45) is 0 Å². The van der Waals surface area contributed by atoms with Gasteiger partial charge in [0.1, 0.15) is 23.2 Å². The van der Waals surface area contributed by atoms with Crippen molar-refractivity contribution in [2.75, 3.05) is 19.6 Å². The Bertz CT molecular complexity index is 500. The molecule has 0 bridgehead atoms. The average molecular weight is 268 g/mol. The normalized spacial score (nSPS) is 19.2. The van der Waals surface area contributed by atoms with Crippen LogP contribution in [0.15, 0.2) is 18.2 Å². The minimum atomic E-state index is -1.17. The number of carbonyl (C=O) groups excluding carboxylic acids is 1. The summed E-state index contributed by atoms with van der Waals surface area (Å²) < 4.78 is 13.6. The van der Waals surface area contributed by atoms with Gasteiger partial charge in [-0.2, -0.15) is 0 Å². The van der Waals surface area contributed by atoms with E-state index in [2.05, 4.69) is 5.32 Å². The van der Waals surface area contributed by atoms with Gasteiger partial charge in [-0.3, -0.25) is 4.79 Å². The zero-order valence-electron chi connectivity index (χ0n) is 9.97. The first kappa shape index (κ1) is 13.3. The summed E-state index contributed by atoms with van der Waals surface area (Å²) in [6.07, 6.45) is 0. The number of carboxylic acid groups (broad SMARTS) is 1. The molecule has 1 unspecified atom stereocenters. The lowest BCUT2D eigenvalue weighted by Gasteiger charge is -2.33. The number of aromatic hydroxyl groups is 1. The fourth-order valence-corrected chi connectivity index (χ4v) is 2.04. The van der Waals surface area contributed by atoms with Gasteiger partial charge < -0.3 is 20.4 Å². The fourth-order valence-electron chi connectivity index (χ4n) is 2.04. The van der Waals surface area contributed by atoms with Crippen LogP contribution in [0.3, 0.4) is 0 Å². The Morgan fingerprint density at radius 3 is 2.79 bits per heavy atom. The van der Waals surface area contributed by atoms with Crippen LogP contribution in [-0.2, 0) is 4.79 Å². The molecule has 1 aliphatic heterocycles. The topological polar surface area (TPSA) is 89.9 Å². The molecule has 1 aromatic carbocycles. The molecule has 0 aromatic heterocycles. The van der Waals surface area contributed by atoms with Crippen molar-refractivity contribution in [1.29, 1.82) is 0 Å². The summed E-state index contributed by atoms with van der Waals surface area (Å²) in [7, 11) is 0. The third-order valence-corrected chi connectivity index (χ3v) is 2.99. The van der Waals surface area contributed by atoms with Gasteiger partial charge in [-0.1, -0.05) is 6.07 Å². The first-order chi connectivity index (χ1) is 9.02. The number of hydrogen-bond acceptors (Lipinski definition) is 4. The van der Waals surface area contributed by atoms with E-state index in [-0.39, 0.29) is 13.1 Å². The summed E-state index contributed by atoms with van der Waals surface area (Å²) in [5, 5.41) is 21.5. The number of phenolic OH excluding ortho intramolecular Hbond substituents is 1. The van der Waals surface area contributed by atoms with Gasteiger partial charge in [0.25, 0.3) is 5.91 Å². The van der Waals surface area contributed by atoms with Gasteiger partial charge in [0.05, 0.1) is 0 Å². The second-order valence-electron chi connectivity index (χ2n) is 4.19. The highest BCUT2D eigenvalue weighted by Crippen LogP contribution is 2.23. The van der Waals surface area contributed by atoms with Gasteiger partial charge in [0, 0.05) is 19.6 Å². The highest BCUT2D eigenvalue weighted by molar-refractivity contribution is 5.99. The van der Waals surface area contributed by atoms with Gasteiger partial charge >= 0.3 is 5.97 Å². The lowest BCUT2D eigenvalue weighted by molar-refractivity contribution is -0.142. The van der Waals surface area contributed by atoms with Crippen LogP contribution in [-0.4, -0.2) is 52.7 Å². The molecule has 1 aliphatic rings. The Balaban J connectivity index is 2.34. The van der Waals surface area contributed by atoms with Crippen LogP contribution < -0.4 is 5.32 Å². The molecule has 1 saturated heterocycles. The molecule has 1 aromatic rings. The highest BCUT2D eigenvalue weighted by Gasteiger charge is 2.34. The van der Waals surface area contributed by atoms with Crippen LogP contribution in [0.4, 0.5) is 4.39 Å². The van der Waals surface area contributed by atoms with Gasteiger partial charge in [0.15, 0.2) is 0 Å². The van der Waals surface area contributed by atoms with Gasteiger partial charge in [0.2, 0.25) is 0 Å². The molecule has 1 amide bonds. The molecule has 0 radical (unpaired) electrons. The number of rotatable bonds is 2. The number of carbonyl (C=O) groups is 2. The lowest BCUT2D eigenvalue weighted by Crippen LogP contribution is -2.57. The van der Waals surface area contributed by atoms with Crippen molar-refractivity contribution < 1.29 is 24.2 Å². The maximum Gasteiger partial charge on any atom is 0.327 e. The molecular weight excluding hydrogens is 255 g/mol. The van der Waals surface area contributed by atoms with Gasteiger partial charge in [-0.05, 0) is 12.1 Å². The van der Waals surface area contributed by atoms with Crippen LogP contribution in [0.2, 0.25) is 0 Å². The second kappa shape index (κ2) is 5.23. The summed E-state index contributed by atoms with van der Waals surface area (Å²) in [4.78, 5) is 24.3. The fraction of sp³-hybridized carbons (Fsp3) is 0.333. The van der Waals surface area contributed by atoms with Crippen molar-refractivity contribution >= 4 is 11.9 Å². The van der Waals surface area contributed by atoms with Crippen molar-refractivity contribution in [3.05, 3.63) is 29.6 Å². The number of aliphatic carboxylic acids is 1. The van der Waals surface area contributed by atoms with E-state index in [1.807, 2.05) is 0 Å². The van der Waals surface area contributed by atoms with E-state index in [9.17, 15) is 19.1 Å². The largest absolute Gasteiger partial charge is 0.507 e. The first-order valence-electron chi connectivity index (χ1n) is 5.74. The molecule has 1 fully saturated rings. The molecule has 19 heavy (non-hydrogen) atoms. The second-order valence-corrected chi connectivity index (χ2v) is 4.19. The highest BCUT2D eigenvalue weighted by atomic mass is 19.1. The van der Waals surface area contributed by atoms with Crippen LogP contribution in [0, 0.1) is 5.82 Å². The molecule has 102 valence electrons. The standard InChI is InChI=1S/C12H13FN2O4/c13-7-2-1-3-9(16)10(7)11(17)15-5-4-14-6-8(15)12(18)19/h1-3,8,14,16H,4-6H2,(H,18,19). The van der Waals surface area contributed by atoms with Crippen molar-refractivity contribution in [2.45, 2.75) is 6.04 Å². The third-order valence-electron chi connectivity index (χ3n) is 2.99. The summed E-state index contributed by atoms with van der Waals surface area (Å²) >= 11 is 0. The number of nitrogens with one attached hydrogen (secondary N) is 1. The monoisotopic (exact) mass is 268 g/mol. The Labute approximate surface area is 108 Å². The van der Waals surface area contributed by atoms with E-state index >= 15 is 0 Å². The molecule has 0 spiro atoms. The van der Waals surface area contributed by atoms with Crippen LogP contribution in [0.1, 0.15) is 10.4 Å². The molecule has 2 rings (SSSR count). The molecular formula is C12H13FN2O4. The van der Waals surface area contributed by atoms with E-state index < -0.39 is 35.0 Å². The van der Waals surface area contributed by atoms with E-state index in [1.54, 1.807) is 0 Å². The molecule has 6 nitrogen and oxygen atoms in total. The molecule has 1 atom stereocenters. The summed E-state index contributed by atoms with van der Waals surface area (Å²) in [5.41, 5.74) is -0.490. The molecule has 1 heterocycles. The van der Waals surface area contributed by atoms with Crippen LogP contribution in [0.5, 0.6) is 5.75 Å². The molecule has 3 N–H and O–H groups in total. The van der Waals surface area contributed by atoms with Crippen molar-refractivity contribution in [3.63, 3.8) is 0 Å². The lowest BCUT2D eigenvalue weighted by atomic mass is 10.1. The predicted octanol–water partition coefficient (Wildman–Crippen LogP) is 0.0299. The smallest absolute Gasteiger partial charge is 0.327 e.